The van der Waals surface area contributed by atoms with Crippen molar-refractivity contribution in [2.45, 2.75) is 31.7 Å². The second-order valence-electron chi connectivity index (χ2n) is 2.80. The second kappa shape index (κ2) is 2.84. The van der Waals surface area contributed by atoms with E-state index in [0.29, 0.717) is 18.4 Å². The van der Waals surface area contributed by atoms with Crippen molar-refractivity contribution in [2.24, 2.45) is 11.7 Å². The van der Waals surface area contributed by atoms with Crippen molar-refractivity contribution in [3.63, 3.8) is 0 Å². The number of rotatable bonds is 1. The van der Waals surface area contributed by atoms with Gasteiger partial charge in [0.25, 0.3) is 0 Å². The van der Waals surface area contributed by atoms with Gasteiger partial charge >= 0.3 is 0 Å². The third-order valence-corrected chi connectivity index (χ3v) is 1.96. The van der Waals surface area contributed by atoms with E-state index in [4.69, 9.17) is 11.0 Å². The molecule has 0 aliphatic heterocycles. The average Bonchev–Trinajstić information content (AvgIpc) is 2.17. The summed E-state index contributed by atoms with van der Waals surface area (Å²) in [7, 11) is 0. The highest BCUT2D eigenvalue weighted by Gasteiger charge is 2.20. The van der Waals surface area contributed by atoms with Gasteiger partial charge in [0, 0.05) is 12.5 Å². The summed E-state index contributed by atoms with van der Waals surface area (Å²) in [4.78, 5) is 0. The Morgan fingerprint density at radius 3 is 2.78 bits per heavy atom. The standard InChI is InChI=1S/C7H12N2/c8-4-3-6-1-2-7(9)5-6/h6-7H,1-3,5,9H2/t6-,7+/m1/s1. The molecule has 0 aromatic heterocycles. The first-order valence-electron chi connectivity index (χ1n) is 3.45. The van der Waals surface area contributed by atoms with Crippen molar-refractivity contribution in [1.82, 2.24) is 0 Å². The van der Waals surface area contributed by atoms with Crippen LogP contribution in [0.25, 0.3) is 0 Å². The van der Waals surface area contributed by atoms with E-state index >= 15 is 0 Å². The Labute approximate surface area is 55.7 Å². The van der Waals surface area contributed by atoms with Gasteiger partial charge in [-0.05, 0) is 25.2 Å². The molecule has 0 bridgehead atoms. The zero-order valence-corrected chi connectivity index (χ0v) is 5.51. The highest BCUT2D eigenvalue weighted by atomic mass is 14.6. The van der Waals surface area contributed by atoms with Gasteiger partial charge in [0.2, 0.25) is 0 Å². The first kappa shape index (κ1) is 6.57. The van der Waals surface area contributed by atoms with Gasteiger partial charge in [0.05, 0.1) is 6.07 Å². The summed E-state index contributed by atoms with van der Waals surface area (Å²) in [5, 5.41) is 8.32. The monoisotopic (exact) mass is 124 g/mol. The normalized spacial score (nSPS) is 34.2. The Kier molecular flexibility index (Phi) is 2.07. The predicted molar refractivity (Wildman–Crippen MR) is 35.5 cm³/mol. The van der Waals surface area contributed by atoms with E-state index < -0.39 is 0 Å². The molecule has 0 spiro atoms. The molecule has 0 unspecified atom stereocenters. The summed E-state index contributed by atoms with van der Waals surface area (Å²) in [6.45, 7) is 0. The fourth-order valence-electron chi connectivity index (χ4n) is 1.43. The minimum atomic E-state index is 0.378. The van der Waals surface area contributed by atoms with Crippen LogP contribution in [-0.2, 0) is 0 Å². The van der Waals surface area contributed by atoms with Crippen LogP contribution in [0.5, 0.6) is 0 Å². The SMILES string of the molecule is N#CC[C@H]1CC[C@H](N)C1. The minimum absolute atomic E-state index is 0.378. The molecule has 1 aliphatic carbocycles. The van der Waals surface area contributed by atoms with Crippen LogP contribution in [0.15, 0.2) is 0 Å². The molecule has 0 amide bonds. The molecule has 50 valence electrons. The van der Waals surface area contributed by atoms with Gasteiger partial charge < -0.3 is 5.73 Å². The lowest BCUT2D eigenvalue weighted by atomic mass is 10.1. The maximum atomic E-state index is 8.32. The quantitative estimate of drug-likeness (QED) is 0.567. The van der Waals surface area contributed by atoms with Gasteiger partial charge in [-0.1, -0.05) is 0 Å². The summed E-state index contributed by atoms with van der Waals surface area (Å²) in [5.41, 5.74) is 5.65. The van der Waals surface area contributed by atoms with Crippen LogP contribution >= 0.6 is 0 Å². The number of hydrogen-bond acceptors (Lipinski definition) is 2. The minimum Gasteiger partial charge on any atom is -0.328 e. The molecule has 1 saturated carbocycles. The molecule has 1 fully saturated rings. The lowest BCUT2D eigenvalue weighted by molar-refractivity contribution is 0.551. The van der Waals surface area contributed by atoms with Crippen LogP contribution in [0.2, 0.25) is 0 Å². The summed E-state index contributed by atoms with van der Waals surface area (Å²) in [6.07, 6.45) is 4.04. The van der Waals surface area contributed by atoms with Gasteiger partial charge in [0.15, 0.2) is 0 Å². The maximum absolute atomic E-state index is 8.32. The van der Waals surface area contributed by atoms with Gasteiger partial charge in [0.1, 0.15) is 0 Å². The number of nitrogens with two attached hydrogens (primary N) is 1. The van der Waals surface area contributed by atoms with Gasteiger partial charge in [-0.25, -0.2) is 0 Å². The molecule has 0 saturated heterocycles. The molecule has 1 rings (SSSR count). The summed E-state index contributed by atoms with van der Waals surface area (Å²) < 4.78 is 0. The van der Waals surface area contributed by atoms with Crippen LogP contribution in [0.1, 0.15) is 25.7 Å². The smallest absolute Gasteiger partial charge is 0.0624 e. The summed E-state index contributed by atoms with van der Waals surface area (Å²) in [5.74, 6) is 0.602. The van der Waals surface area contributed by atoms with Crippen molar-refractivity contribution >= 4 is 0 Å². The molecule has 0 heterocycles. The Morgan fingerprint density at radius 2 is 2.33 bits per heavy atom. The van der Waals surface area contributed by atoms with Gasteiger partial charge in [-0.2, -0.15) is 5.26 Å². The molecule has 9 heavy (non-hydrogen) atoms. The Bertz CT molecular complexity index is 125. The van der Waals surface area contributed by atoms with E-state index in [1.807, 2.05) is 0 Å². The zero-order valence-electron chi connectivity index (χ0n) is 5.51. The van der Waals surface area contributed by atoms with Gasteiger partial charge in [-0.3, -0.25) is 0 Å². The van der Waals surface area contributed by atoms with Crippen molar-refractivity contribution in [1.29, 1.82) is 5.26 Å². The second-order valence-corrected chi connectivity index (χ2v) is 2.80. The zero-order chi connectivity index (χ0) is 6.69. The number of nitrogens with zero attached hydrogens (tertiary/aromatic N) is 1. The van der Waals surface area contributed by atoms with E-state index in [2.05, 4.69) is 6.07 Å². The van der Waals surface area contributed by atoms with E-state index in [1.54, 1.807) is 0 Å². The largest absolute Gasteiger partial charge is 0.328 e. The first-order valence-corrected chi connectivity index (χ1v) is 3.45. The fraction of sp³-hybridized carbons (Fsp3) is 0.857. The topological polar surface area (TPSA) is 49.8 Å². The molecule has 0 aromatic carbocycles. The number of hydrogen-bond donors (Lipinski definition) is 1. The molecule has 2 nitrogen and oxygen atoms in total. The molecular formula is C7H12N2. The van der Waals surface area contributed by atoms with Crippen LogP contribution in [0.4, 0.5) is 0 Å². The molecule has 2 N–H and O–H groups in total. The van der Waals surface area contributed by atoms with Crippen molar-refractivity contribution < 1.29 is 0 Å². The lowest BCUT2D eigenvalue weighted by Gasteiger charge is -2.00. The van der Waals surface area contributed by atoms with E-state index in [-0.39, 0.29) is 0 Å². The first-order chi connectivity index (χ1) is 4.33. The summed E-state index contributed by atoms with van der Waals surface area (Å²) in [6, 6.07) is 2.55. The average molecular weight is 124 g/mol. The molecular weight excluding hydrogens is 112 g/mol. The van der Waals surface area contributed by atoms with E-state index in [1.165, 1.54) is 0 Å². The van der Waals surface area contributed by atoms with Crippen LogP contribution in [0, 0.1) is 17.2 Å². The van der Waals surface area contributed by atoms with E-state index in [0.717, 1.165) is 19.3 Å². The maximum Gasteiger partial charge on any atom is 0.0624 e. The summed E-state index contributed by atoms with van der Waals surface area (Å²) >= 11 is 0. The van der Waals surface area contributed by atoms with Gasteiger partial charge in [-0.15, -0.1) is 0 Å². The van der Waals surface area contributed by atoms with Crippen molar-refractivity contribution in [3.8, 4) is 6.07 Å². The number of nitriles is 1. The molecule has 0 radical (unpaired) electrons. The molecule has 2 atom stereocenters. The van der Waals surface area contributed by atoms with Crippen LogP contribution in [-0.4, -0.2) is 6.04 Å². The predicted octanol–water partition coefficient (Wildman–Crippen LogP) is 1.03. The Hall–Kier alpha value is -0.550. The molecule has 1 aliphatic rings. The Morgan fingerprint density at radius 1 is 1.56 bits per heavy atom. The third kappa shape index (κ3) is 1.69. The van der Waals surface area contributed by atoms with Crippen molar-refractivity contribution in [2.75, 3.05) is 0 Å². The highest BCUT2D eigenvalue weighted by Crippen LogP contribution is 2.26. The van der Waals surface area contributed by atoms with E-state index in [9.17, 15) is 0 Å². The fourth-order valence-corrected chi connectivity index (χ4v) is 1.43. The van der Waals surface area contributed by atoms with Crippen LogP contribution < -0.4 is 5.73 Å². The van der Waals surface area contributed by atoms with Crippen molar-refractivity contribution in [3.05, 3.63) is 0 Å². The Balaban J connectivity index is 2.24. The third-order valence-electron chi connectivity index (χ3n) is 1.96. The van der Waals surface area contributed by atoms with Crippen LogP contribution in [0.3, 0.4) is 0 Å². The lowest BCUT2D eigenvalue weighted by Crippen LogP contribution is -2.14. The highest BCUT2D eigenvalue weighted by molar-refractivity contribution is 4.84. The molecule has 0 aromatic rings. The molecule has 2 heteroatoms.